The number of aryl methyl sites for hydroxylation is 1. The normalized spacial score (nSPS) is 7.77. The molecule has 1 heteroatoms. The van der Waals surface area contributed by atoms with E-state index >= 15 is 0 Å². The van der Waals surface area contributed by atoms with Gasteiger partial charge >= 0.3 is 0 Å². The monoisotopic (exact) mass is 238 g/mol. The van der Waals surface area contributed by atoms with Crippen molar-refractivity contribution < 1.29 is 0 Å². The van der Waals surface area contributed by atoms with Gasteiger partial charge in [0.1, 0.15) is 0 Å². The molecule has 0 bridgehead atoms. The van der Waals surface area contributed by atoms with Gasteiger partial charge in [0, 0.05) is 10.0 Å². The second-order valence-corrected chi connectivity index (χ2v) is 3.25. The molecule has 0 spiro atoms. The average Bonchev–Trinajstić information content (AvgIpc) is 2.14. The maximum absolute atomic E-state index is 3.40. The van der Waals surface area contributed by atoms with E-state index in [0.717, 1.165) is 10.0 Å². The first-order valence-electron chi connectivity index (χ1n) is 4.43. The minimum atomic E-state index is 1.11. The fourth-order valence-electron chi connectivity index (χ4n) is 0.902. The second-order valence-electron chi connectivity index (χ2n) is 2.33. The maximum Gasteiger partial charge on any atom is 0.0275 e. The molecule has 0 aliphatic heterocycles. The van der Waals surface area contributed by atoms with E-state index in [9.17, 15) is 0 Å². The van der Waals surface area contributed by atoms with Gasteiger partial charge in [-0.05, 0) is 37.6 Å². The van der Waals surface area contributed by atoms with Gasteiger partial charge in [0.2, 0.25) is 0 Å². The third-order valence-corrected chi connectivity index (χ3v) is 1.94. The fourth-order valence-corrected chi connectivity index (χ4v) is 1.38. The lowest BCUT2D eigenvalue weighted by molar-refractivity contribution is 1.42. The van der Waals surface area contributed by atoms with Crippen molar-refractivity contribution in [2.75, 3.05) is 0 Å². The molecule has 0 heterocycles. The highest BCUT2D eigenvalue weighted by atomic mass is 79.9. The van der Waals surface area contributed by atoms with Gasteiger partial charge in [-0.15, -0.1) is 5.92 Å². The van der Waals surface area contributed by atoms with Gasteiger partial charge in [0.05, 0.1) is 0 Å². The SMILES string of the molecule is CC.CC#Cc1ccc(Br)cc1C. The van der Waals surface area contributed by atoms with Crippen molar-refractivity contribution in [3.63, 3.8) is 0 Å². The molecule has 70 valence electrons. The van der Waals surface area contributed by atoms with Crippen LogP contribution in [-0.4, -0.2) is 0 Å². The maximum atomic E-state index is 3.40. The van der Waals surface area contributed by atoms with E-state index in [4.69, 9.17) is 0 Å². The van der Waals surface area contributed by atoms with Crippen LogP contribution in [0.1, 0.15) is 31.9 Å². The topological polar surface area (TPSA) is 0 Å². The zero-order valence-corrected chi connectivity index (χ0v) is 10.2. The van der Waals surface area contributed by atoms with Crippen LogP contribution in [0.5, 0.6) is 0 Å². The predicted molar refractivity (Wildman–Crippen MR) is 62.8 cm³/mol. The van der Waals surface area contributed by atoms with Crippen molar-refractivity contribution in [3.05, 3.63) is 33.8 Å². The molecule has 0 saturated carbocycles. The molecule has 0 aromatic heterocycles. The molecule has 1 aromatic rings. The summed E-state index contributed by atoms with van der Waals surface area (Å²) in [5, 5.41) is 0. The molecule has 0 aliphatic rings. The Morgan fingerprint density at radius 2 is 1.85 bits per heavy atom. The number of benzene rings is 1. The first kappa shape index (κ1) is 12.3. The van der Waals surface area contributed by atoms with Crippen molar-refractivity contribution in [2.45, 2.75) is 27.7 Å². The molecule has 0 fully saturated rings. The summed E-state index contributed by atoms with van der Waals surface area (Å²) in [5.41, 5.74) is 2.32. The fraction of sp³-hybridized carbons (Fsp3) is 0.333. The first-order chi connectivity index (χ1) is 6.24. The van der Waals surface area contributed by atoms with Gasteiger partial charge in [0.25, 0.3) is 0 Å². The summed E-state index contributed by atoms with van der Waals surface area (Å²) in [5.74, 6) is 5.91. The molecule has 0 N–H and O–H groups in total. The Labute approximate surface area is 89.5 Å². The summed E-state index contributed by atoms with van der Waals surface area (Å²) >= 11 is 3.40. The molecule has 0 aliphatic carbocycles. The van der Waals surface area contributed by atoms with Crippen LogP contribution in [0.2, 0.25) is 0 Å². The first-order valence-corrected chi connectivity index (χ1v) is 5.22. The molecule has 1 aromatic carbocycles. The van der Waals surface area contributed by atoms with Crippen molar-refractivity contribution in [3.8, 4) is 11.8 Å². The highest BCUT2D eigenvalue weighted by molar-refractivity contribution is 9.10. The highest BCUT2D eigenvalue weighted by Crippen LogP contribution is 2.14. The Morgan fingerprint density at radius 1 is 1.23 bits per heavy atom. The van der Waals surface area contributed by atoms with Gasteiger partial charge in [-0.2, -0.15) is 0 Å². The standard InChI is InChI=1S/C10H9Br.C2H6/c1-3-4-9-5-6-10(11)7-8(9)2;1-2/h5-7H,1-2H3;1-2H3. The molecule has 0 radical (unpaired) electrons. The summed E-state index contributed by atoms with van der Waals surface area (Å²) in [4.78, 5) is 0. The van der Waals surface area contributed by atoms with Crippen LogP contribution in [0.4, 0.5) is 0 Å². The second kappa shape index (κ2) is 6.74. The van der Waals surface area contributed by atoms with Crippen molar-refractivity contribution in [1.29, 1.82) is 0 Å². The smallest absolute Gasteiger partial charge is 0.0275 e. The van der Waals surface area contributed by atoms with Crippen LogP contribution >= 0.6 is 15.9 Å². The van der Waals surface area contributed by atoms with Crippen LogP contribution in [0.3, 0.4) is 0 Å². The minimum Gasteiger partial charge on any atom is -0.101 e. The molecule has 13 heavy (non-hydrogen) atoms. The van der Waals surface area contributed by atoms with E-state index in [1.807, 2.05) is 32.9 Å². The van der Waals surface area contributed by atoms with Gasteiger partial charge in [0.15, 0.2) is 0 Å². The summed E-state index contributed by atoms with van der Waals surface area (Å²) in [6, 6.07) is 6.10. The molecule has 0 unspecified atom stereocenters. The Kier molecular flexibility index (Phi) is 6.36. The number of rotatable bonds is 0. The van der Waals surface area contributed by atoms with Gasteiger partial charge in [-0.25, -0.2) is 0 Å². The number of hydrogen-bond acceptors (Lipinski definition) is 0. The lowest BCUT2D eigenvalue weighted by Crippen LogP contribution is -1.80. The zero-order valence-electron chi connectivity index (χ0n) is 8.61. The molecule has 0 atom stereocenters. The van der Waals surface area contributed by atoms with Crippen molar-refractivity contribution in [2.24, 2.45) is 0 Å². The van der Waals surface area contributed by atoms with E-state index in [-0.39, 0.29) is 0 Å². The Hall–Kier alpha value is -0.740. The zero-order chi connectivity index (χ0) is 10.3. The number of halogens is 1. The van der Waals surface area contributed by atoms with E-state index in [2.05, 4.69) is 40.8 Å². The van der Waals surface area contributed by atoms with Gasteiger partial charge in [-0.1, -0.05) is 35.7 Å². The van der Waals surface area contributed by atoms with E-state index in [0.29, 0.717) is 0 Å². The average molecular weight is 239 g/mol. The quantitative estimate of drug-likeness (QED) is 0.596. The van der Waals surface area contributed by atoms with E-state index < -0.39 is 0 Å². The summed E-state index contributed by atoms with van der Waals surface area (Å²) < 4.78 is 1.11. The molecule has 0 amide bonds. The van der Waals surface area contributed by atoms with Crippen molar-refractivity contribution in [1.82, 2.24) is 0 Å². The van der Waals surface area contributed by atoms with Gasteiger partial charge < -0.3 is 0 Å². The lowest BCUT2D eigenvalue weighted by atomic mass is 10.1. The summed E-state index contributed by atoms with van der Waals surface area (Å²) in [7, 11) is 0. The molecular formula is C12H15Br. The van der Waals surface area contributed by atoms with Crippen LogP contribution in [0.15, 0.2) is 22.7 Å². The van der Waals surface area contributed by atoms with E-state index in [1.54, 1.807) is 0 Å². The van der Waals surface area contributed by atoms with Crippen molar-refractivity contribution >= 4 is 15.9 Å². The Balaban J connectivity index is 0.000000671. The van der Waals surface area contributed by atoms with Crippen LogP contribution in [-0.2, 0) is 0 Å². The Bertz CT molecular complexity index is 316. The van der Waals surface area contributed by atoms with Crippen LogP contribution in [0.25, 0.3) is 0 Å². The highest BCUT2D eigenvalue weighted by Gasteiger charge is 1.93. The third kappa shape index (κ3) is 4.15. The summed E-state index contributed by atoms with van der Waals surface area (Å²) in [6.45, 7) is 7.91. The lowest BCUT2D eigenvalue weighted by Gasteiger charge is -1.97. The van der Waals surface area contributed by atoms with Gasteiger partial charge in [-0.3, -0.25) is 0 Å². The summed E-state index contributed by atoms with van der Waals surface area (Å²) in [6.07, 6.45) is 0. The largest absolute Gasteiger partial charge is 0.101 e. The number of hydrogen-bond donors (Lipinski definition) is 0. The molecule has 0 saturated heterocycles. The van der Waals surface area contributed by atoms with Crippen LogP contribution < -0.4 is 0 Å². The molecular weight excluding hydrogens is 224 g/mol. The molecule has 1 rings (SSSR count). The molecule has 0 nitrogen and oxygen atoms in total. The van der Waals surface area contributed by atoms with Crippen LogP contribution in [0, 0.1) is 18.8 Å². The van der Waals surface area contributed by atoms with E-state index in [1.165, 1.54) is 5.56 Å². The third-order valence-electron chi connectivity index (χ3n) is 1.45. The Morgan fingerprint density at radius 3 is 2.31 bits per heavy atom. The predicted octanol–water partition coefficient (Wildman–Crippen LogP) is 4.16. The minimum absolute atomic E-state index is 1.11.